The van der Waals surface area contributed by atoms with Gasteiger partial charge in [0, 0.05) is 44.1 Å². The van der Waals surface area contributed by atoms with Gasteiger partial charge in [-0.15, -0.1) is 0 Å². The number of benzene rings is 1. The van der Waals surface area contributed by atoms with Crippen molar-refractivity contribution < 1.29 is 14.3 Å². The van der Waals surface area contributed by atoms with Gasteiger partial charge < -0.3 is 14.5 Å². The van der Waals surface area contributed by atoms with E-state index in [0.717, 1.165) is 18.1 Å². The highest BCUT2D eigenvalue weighted by Crippen LogP contribution is 2.26. The lowest BCUT2D eigenvalue weighted by atomic mass is 9.87. The summed E-state index contributed by atoms with van der Waals surface area (Å²) in [5, 5.41) is 0. The Hall–Kier alpha value is -2.76. The van der Waals surface area contributed by atoms with Crippen LogP contribution in [0.15, 0.2) is 48.8 Å². The molecule has 6 heteroatoms. The van der Waals surface area contributed by atoms with Crippen LogP contribution in [-0.4, -0.2) is 59.1 Å². The average molecular weight is 410 g/mol. The van der Waals surface area contributed by atoms with Gasteiger partial charge in [0.1, 0.15) is 5.75 Å². The van der Waals surface area contributed by atoms with Crippen LogP contribution < -0.4 is 4.74 Å². The first-order valence-electron chi connectivity index (χ1n) is 11.1. The van der Waals surface area contributed by atoms with Gasteiger partial charge in [-0.3, -0.25) is 9.36 Å². The Bertz CT molecular complexity index is 835. The summed E-state index contributed by atoms with van der Waals surface area (Å²) in [5.74, 6) is 1.55. The van der Waals surface area contributed by atoms with Crippen LogP contribution in [0.1, 0.15) is 48.9 Å². The van der Waals surface area contributed by atoms with E-state index in [0.29, 0.717) is 38.3 Å². The molecule has 0 bridgehead atoms. The summed E-state index contributed by atoms with van der Waals surface area (Å²) in [4.78, 5) is 29.0. The third-order valence-corrected chi connectivity index (χ3v) is 6.26. The van der Waals surface area contributed by atoms with Gasteiger partial charge in [-0.25, -0.2) is 4.79 Å². The molecule has 0 spiro atoms. The molecule has 1 aromatic heterocycles. The van der Waals surface area contributed by atoms with Gasteiger partial charge in [0.05, 0.1) is 6.61 Å². The molecule has 1 aliphatic carbocycles. The van der Waals surface area contributed by atoms with Crippen molar-refractivity contribution in [2.45, 2.75) is 38.5 Å². The van der Waals surface area contributed by atoms with Gasteiger partial charge in [0.25, 0.3) is 5.91 Å². The lowest BCUT2D eigenvalue weighted by molar-refractivity contribution is 0.0665. The zero-order chi connectivity index (χ0) is 20.8. The van der Waals surface area contributed by atoms with E-state index in [2.05, 4.69) is 0 Å². The predicted octanol–water partition coefficient (Wildman–Crippen LogP) is 4.26. The smallest absolute Gasteiger partial charge is 0.328 e. The number of amides is 2. The number of aromatic nitrogens is 1. The molecule has 2 aliphatic rings. The first-order valence-corrected chi connectivity index (χ1v) is 11.1. The van der Waals surface area contributed by atoms with E-state index in [-0.39, 0.29) is 11.9 Å². The Morgan fingerprint density at radius 1 is 0.900 bits per heavy atom. The fraction of sp³-hybridized carbons (Fsp3) is 0.500. The Labute approximate surface area is 178 Å². The van der Waals surface area contributed by atoms with Crippen molar-refractivity contribution in [3.63, 3.8) is 0 Å². The molecule has 0 radical (unpaired) electrons. The first kappa shape index (κ1) is 20.5. The number of carbonyl (C=O) groups excluding carboxylic acids is 2. The van der Waals surface area contributed by atoms with Crippen molar-refractivity contribution in [3.8, 4) is 5.75 Å². The summed E-state index contributed by atoms with van der Waals surface area (Å²) in [6.07, 6.45) is 11.3. The molecule has 160 valence electrons. The summed E-state index contributed by atoms with van der Waals surface area (Å²) < 4.78 is 7.53. The number of ether oxygens (including phenoxy) is 1. The largest absolute Gasteiger partial charge is 0.494 e. The van der Waals surface area contributed by atoms with Crippen molar-refractivity contribution in [1.29, 1.82) is 0 Å². The van der Waals surface area contributed by atoms with E-state index in [1.165, 1.54) is 32.1 Å². The second-order valence-electron chi connectivity index (χ2n) is 8.32. The van der Waals surface area contributed by atoms with E-state index >= 15 is 0 Å². The van der Waals surface area contributed by atoms with Crippen LogP contribution in [0, 0.1) is 5.92 Å². The van der Waals surface area contributed by atoms with Gasteiger partial charge in [0.2, 0.25) is 0 Å². The third-order valence-electron chi connectivity index (χ3n) is 6.26. The summed E-state index contributed by atoms with van der Waals surface area (Å²) >= 11 is 0. The number of piperazine rings is 1. The molecule has 1 saturated carbocycles. The van der Waals surface area contributed by atoms with Crippen molar-refractivity contribution in [2.75, 3.05) is 32.8 Å². The van der Waals surface area contributed by atoms with Crippen molar-refractivity contribution in [2.24, 2.45) is 5.92 Å². The van der Waals surface area contributed by atoms with E-state index < -0.39 is 0 Å². The lowest BCUT2D eigenvalue weighted by Gasteiger charge is -2.34. The predicted molar refractivity (Wildman–Crippen MR) is 116 cm³/mol. The minimum Gasteiger partial charge on any atom is -0.494 e. The normalized spacial score (nSPS) is 17.7. The number of hydrogen-bond acceptors (Lipinski definition) is 3. The van der Waals surface area contributed by atoms with Crippen LogP contribution in [0.2, 0.25) is 0 Å². The molecule has 1 aromatic carbocycles. The molecule has 4 rings (SSSR count). The van der Waals surface area contributed by atoms with Gasteiger partial charge in [-0.2, -0.15) is 0 Å². The molecule has 30 heavy (non-hydrogen) atoms. The van der Waals surface area contributed by atoms with Crippen LogP contribution in [0.3, 0.4) is 0 Å². The standard InChI is InChI=1S/C24H31N3O3/c28-23(25-14-16-27(17-15-25)24(29)26-12-4-5-13-26)21-9-6-10-22(19-21)30-18-11-20-7-2-1-3-8-20/h4-6,9-10,12-13,19-20H,1-3,7-8,11,14-18H2. The summed E-state index contributed by atoms with van der Waals surface area (Å²) in [7, 11) is 0. The Morgan fingerprint density at radius 3 is 2.33 bits per heavy atom. The highest BCUT2D eigenvalue weighted by molar-refractivity contribution is 5.94. The average Bonchev–Trinajstić information content (AvgIpc) is 3.34. The Kier molecular flexibility index (Phi) is 6.72. The van der Waals surface area contributed by atoms with Crippen LogP contribution in [0.4, 0.5) is 4.79 Å². The summed E-state index contributed by atoms with van der Waals surface area (Å²) in [5.41, 5.74) is 0.648. The molecule has 0 atom stereocenters. The highest BCUT2D eigenvalue weighted by atomic mass is 16.5. The maximum Gasteiger partial charge on any atom is 0.328 e. The fourth-order valence-electron chi connectivity index (χ4n) is 4.45. The topological polar surface area (TPSA) is 54.8 Å². The van der Waals surface area contributed by atoms with Crippen molar-refractivity contribution >= 4 is 11.9 Å². The molecule has 2 aromatic rings. The zero-order valence-electron chi connectivity index (χ0n) is 17.5. The minimum atomic E-state index is -0.0412. The molecule has 0 N–H and O–H groups in total. The van der Waals surface area contributed by atoms with Crippen LogP contribution >= 0.6 is 0 Å². The van der Waals surface area contributed by atoms with E-state index in [1.54, 1.807) is 21.9 Å². The number of hydrogen-bond donors (Lipinski definition) is 0. The highest BCUT2D eigenvalue weighted by Gasteiger charge is 2.25. The maximum atomic E-state index is 12.9. The quantitative estimate of drug-likeness (QED) is 0.741. The second-order valence-corrected chi connectivity index (χ2v) is 8.32. The summed E-state index contributed by atoms with van der Waals surface area (Å²) in [6, 6.07) is 11.1. The van der Waals surface area contributed by atoms with E-state index in [9.17, 15) is 9.59 Å². The van der Waals surface area contributed by atoms with Crippen LogP contribution in [-0.2, 0) is 0 Å². The molecule has 2 fully saturated rings. The van der Waals surface area contributed by atoms with E-state index in [1.807, 2.05) is 41.3 Å². The molecule has 2 amide bonds. The van der Waals surface area contributed by atoms with Gasteiger partial charge in [-0.1, -0.05) is 38.2 Å². The molecule has 1 saturated heterocycles. The minimum absolute atomic E-state index is 0.000735. The van der Waals surface area contributed by atoms with Gasteiger partial charge >= 0.3 is 6.03 Å². The Balaban J connectivity index is 1.27. The fourth-order valence-corrected chi connectivity index (χ4v) is 4.45. The maximum absolute atomic E-state index is 12.9. The molecular weight excluding hydrogens is 378 g/mol. The monoisotopic (exact) mass is 409 g/mol. The Morgan fingerprint density at radius 2 is 1.60 bits per heavy atom. The van der Waals surface area contributed by atoms with Crippen molar-refractivity contribution in [1.82, 2.24) is 14.4 Å². The molecule has 0 unspecified atom stereocenters. The second kappa shape index (κ2) is 9.83. The van der Waals surface area contributed by atoms with E-state index in [4.69, 9.17) is 4.74 Å². The van der Waals surface area contributed by atoms with Gasteiger partial charge in [0.15, 0.2) is 0 Å². The third kappa shape index (κ3) is 5.04. The van der Waals surface area contributed by atoms with Crippen molar-refractivity contribution in [3.05, 3.63) is 54.4 Å². The SMILES string of the molecule is O=C(c1cccc(OCCC2CCCCC2)c1)N1CCN(C(=O)n2cccc2)CC1. The molecule has 1 aliphatic heterocycles. The van der Waals surface area contributed by atoms with Crippen LogP contribution in [0.25, 0.3) is 0 Å². The number of carbonyl (C=O) groups is 2. The number of rotatable bonds is 5. The lowest BCUT2D eigenvalue weighted by Crippen LogP contribution is -2.51. The first-order chi connectivity index (χ1) is 14.7. The number of nitrogens with zero attached hydrogens (tertiary/aromatic N) is 3. The molecule has 2 heterocycles. The molecular formula is C24H31N3O3. The zero-order valence-corrected chi connectivity index (χ0v) is 17.5. The van der Waals surface area contributed by atoms with Crippen LogP contribution in [0.5, 0.6) is 5.75 Å². The van der Waals surface area contributed by atoms with Gasteiger partial charge in [-0.05, 0) is 42.7 Å². The summed E-state index contributed by atoms with van der Waals surface area (Å²) in [6.45, 7) is 2.88. The molecule has 6 nitrogen and oxygen atoms in total.